The highest BCUT2D eigenvalue weighted by atomic mass is 16.5. The monoisotopic (exact) mass is 250 g/mol. The topological polar surface area (TPSA) is 73.5 Å². The molecule has 1 aromatic carbocycles. The Labute approximate surface area is 107 Å². The Hall–Kier alpha value is -1.10. The Balaban J connectivity index is 1.90. The summed E-state index contributed by atoms with van der Waals surface area (Å²) in [4.78, 5) is 0. The number of hydrogen-bond donors (Lipinski definition) is 2. The minimum atomic E-state index is -0.959. The van der Waals surface area contributed by atoms with Crippen molar-refractivity contribution in [1.29, 1.82) is 0 Å². The van der Waals surface area contributed by atoms with E-state index in [0.717, 1.165) is 24.2 Å². The van der Waals surface area contributed by atoms with E-state index >= 15 is 0 Å². The van der Waals surface area contributed by atoms with Gasteiger partial charge in [0.1, 0.15) is 5.75 Å². The quantitative estimate of drug-likeness (QED) is 0.791. The maximum Gasteiger partial charge on any atom is 0.118 e. The van der Waals surface area contributed by atoms with Gasteiger partial charge in [0.2, 0.25) is 0 Å². The van der Waals surface area contributed by atoms with Crippen molar-refractivity contribution in [3.63, 3.8) is 0 Å². The van der Waals surface area contributed by atoms with Gasteiger partial charge in [-0.3, -0.25) is 5.73 Å². The summed E-state index contributed by atoms with van der Waals surface area (Å²) in [6.45, 7) is 0. The van der Waals surface area contributed by atoms with Gasteiger partial charge in [0.05, 0.1) is 25.4 Å². The molecule has 0 amide bonds. The lowest BCUT2D eigenvalue weighted by Gasteiger charge is -2.23. The number of ether oxygens (including phenoxy) is 1. The van der Waals surface area contributed by atoms with Crippen molar-refractivity contribution in [1.82, 2.24) is 5.73 Å². The molecule has 4 heteroatoms. The Bertz CT molecular complexity index is 375. The van der Waals surface area contributed by atoms with Gasteiger partial charge in [0.25, 0.3) is 0 Å². The number of benzene rings is 1. The zero-order valence-corrected chi connectivity index (χ0v) is 10.5. The van der Waals surface area contributed by atoms with E-state index in [4.69, 9.17) is 10.5 Å². The van der Waals surface area contributed by atoms with Crippen molar-refractivity contribution in [2.24, 2.45) is 5.92 Å². The molecule has 4 nitrogen and oxygen atoms in total. The van der Waals surface area contributed by atoms with E-state index in [-0.39, 0.29) is 5.92 Å². The van der Waals surface area contributed by atoms with Crippen LogP contribution in [0.15, 0.2) is 24.3 Å². The fraction of sp³-hybridized carbons (Fsp3) is 0.571. The van der Waals surface area contributed by atoms with E-state index < -0.39 is 18.2 Å². The molecule has 0 aromatic heterocycles. The second kappa shape index (κ2) is 5.69. The molecule has 0 saturated heterocycles. The molecule has 0 aliphatic heterocycles. The fourth-order valence-corrected chi connectivity index (χ4v) is 2.09. The molecule has 2 rings (SSSR count). The molecule has 99 valence electrons. The average molecular weight is 250 g/mol. The molecule has 1 aliphatic rings. The van der Waals surface area contributed by atoms with Crippen LogP contribution in [0.25, 0.3) is 0 Å². The molecular formula is C14H20NO3. The molecule has 1 fully saturated rings. The summed E-state index contributed by atoms with van der Waals surface area (Å²) in [7, 11) is 1.61. The van der Waals surface area contributed by atoms with Gasteiger partial charge >= 0.3 is 0 Å². The van der Waals surface area contributed by atoms with Crippen LogP contribution in [0.4, 0.5) is 0 Å². The van der Waals surface area contributed by atoms with Crippen LogP contribution in [0.3, 0.4) is 0 Å². The van der Waals surface area contributed by atoms with Crippen LogP contribution in [0, 0.1) is 5.92 Å². The molecule has 1 aliphatic carbocycles. The van der Waals surface area contributed by atoms with Gasteiger partial charge in [-0.1, -0.05) is 12.1 Å². The summed E-state index contributed by atoms with van der Waals surface area (Å²) in [5.74, 6) is 0.975. The molecule has 1 radical (unpaired) electrons. The first-order valence-electron chi connectivity index (χ1n) is 6.32. The molecule has 0 spiro atoms. The molecular weight excluding hydrogens is 230 g/mol. The standard InChI is InChI=1S/C14H20NO3/c1-18-11-6-2-9(3-7-11)8-12(15)14(17)13(16)10-4-5-10/h2-3,6-7,10,12-17H,4-5,8H2,1H3/t12-,13-,14+/m0/s1. The summed E-state index contributed by atoms with van der Waals surface area (Å²) >= 11 is 0. The first-order chi connectivity index (χ1) is 8.61. The lowest BCUT2D eigenvalue weighted by atomic mass is 9.96. The van der Waals surface area contributed by atoms with Crippen LogP contribution in [0.2, 0.25) is 0 Å². The molecule has 3 N–H and O–H groups in total. The summed E-state index contributed by atoms with van der Waals surface area (Å²) in [5, 5.41) is 19.7. The smallest absolute Gasteiger partial charge is 0.118 e. The maximum absolute atomic E-state index is 9.90. The van der Waals surface area contributed by atoms with E-state index in [9.17, 15) is 10.2 Å². The third-order valence-corrected chi connectivity index (χ3v) is 3.48. The van der Waals surface area contributed by atoms with Crippen molar-refractivity contribution in [3.8, 4) is 5.75 Å². The summed E-state index contributed by atoms with van der Waals surface area (Å²) < 4.78 is 5.06. The Morgan fingerprint density at radius 2 is 1.89 bits per heavy atom. The highest BCUT2D eigenvalue weighted by molar-refractivity contribution is 5.27. The van der Waals surface area contributed by atoms with Gasteiger partial charge in [-0.25, -0.2) is 0 Å². The highest BCUT2D eigenvalue weighted by Gasteiger charge is 2.37. The van der Waals surface area contributed by atoms with Crippen molar-refractivity contribution < 1.29 is 14.9 Å². The summed E-state index contributed by atoms with van der Waals surface area (Å²) in [6.07, 6.45) is 0.668. The van der Waals surface area contributed by atoms with Crippen molar-refractivity contribution in [3.05, 3.63) is 29.8 Å². The van der Waals surface area contributed by atoms with Crippen LogP contribution in [-0.4, -0.2) is 35.6 Å². The molecule has 0 unspecified atom stereocenters. The zero-order chi connectivity index (χ0) is 13.1. The van der Waals surface area contributed by atoms with Crippen LogP contribution in [0.5, 0.6) is 5.75 Å². The molecule has 1 aromatic rings. The molecule has 0 bridgehead atoms. The SMILES string of the molecule is COc1ccc(C[C@H]([NH])[C@@H](O)[C@@H](O)C2CC2)cc1. The largest absolute Gasteiger partial charge is 0.497 e. The zero-order valence-electron chi connectivity index (χ0n) is 10.5. The number of rotatable bonds is 6. The first kappa shape index (κ1) is 13.3. The number of hydrogen-bond acceptors (Lipinski definition) is 3. The fourth-order valence-electron chi connectivity index (χ4n) is 2.09. The molecule has 3 atom stereocenters. The average Bonchev–Trinajstić information content (AvgIpc) is 3.22. The molecule has 1 saturated carbocycles. The Morgan fingerprint density at radius 3 is 2.39 bits per heavy atom. The van der Waals surface area contributed by atoms with Gasteiger partial charge < -0.3 is 14.9 Å². The van der Waals surface area contributed by atoms with Crippen molar-refractivity contribution in [2.45, 2.75) is 37.5 Å². The van der Waals surface area contributed by atoms with Crippen molar-refractivity contribution in [2.75, 3.05) is 7.11 Å². The molecule has 18 heavy (non-hydrogen) atoms. The van der Waals surface area contributed by atoms with Crippen molar-refractivity contribution >= 4 is 0 Å². The second-order valence-corrected chi connectivity index (χ2v) is 4.98. The highest BCUT2D eigenvalue weighted by Crippen LogP contribution is 2.34. The lowest BCUT2D eigenvalue weighted by Crippen LogP contribution is -2.40. The molecule has 0 heterocycles. The minimum absolute atomic E-state index is 0.198. The third-order valence-electron chi connectivity index (χ3n) is 3.48. The van der Waals surface area contributed by atoms with Crippen LogP contribution in [0.1, 0.15) is 18.4 Å². The third kappa shape index (κ3) is 3.22. The lowest BCUT2D eigenvalue weighted by molar-refractivity contribution is -0.00951. The van der Waals surface area contributed by atoms with E-state index in [1.54, 1.807) is 7.11 Å². The van der Waals surface area contributed by atoms with Gasteiger partial charge in [0.15, 0.2) is 0 Å². The number of aliphatic hydroxyl groups is 2. The second-order valence-electron chi connectivity index (χ2n) is 4.98. The van der Waals surface area contributed by atoms with E-state index in [1.165, 1.54) is 0 Å². The summed E-state index contributed by atoms with van der Waals surface area (Å²) in [5.41, 5.74) is 8.89. The number of aliphatic hydroxyl groups excluding tert-OH is 2. The maximum atomic E-state index is 9.90. The van der Waals surface area contributed by atoms with Gasteiger partial charge in [-0.15, -0.1) is 0 Å². The van der Waals surface area contributed by atoms with Crippen LogP contribution in [-0.2, 0) is 6.42 Å². The minimum Gasteiger partial charge on any atom is -0.497 e. The first-order valence-corrected chi connectivity index (χ1v) is 6.32. The number of methoxy groups -OCH3 is 1. The van der Waals surface area contributed by atoms with Gasteiger partial charge in [-0.2, -0.15) is 0 Å². The van der Waals surface area contributed by atoms with E-state index in [1.807, 2.05) is 24.3 Å². The predicted molar refractivity (Wildman–Crippen MR) is 68.3 cm³/mol. The Morgan fingerprint density at radius 1 is 1.28 bits per heavy atom. The summed E-state index contributed by atoms with van der Waals surface area (Å²) in [6, 6.07) is 6.76. The number of nitrogens with one attached hydrogen (secondary N) is 1. The van der Waals surface area contributed by atoms with Gasteiger partial charge in [0, 0.05) is 0 Å². The van der Waals surface area contributed by atoms with Crippen LogP contribution < -0.4 is 10.5 Å². The van der Waals surface area contributed by atoms with Crippen LogP contribution >= 0.6 is 0 Å². The van der Waals surface area contributed by atoms with E-state index in [2.05, 4.69) is 0 Å². The Kier molecular flexibility index (Phi) is 4.22. The van der Waals surface area contributed by atoms with E-state index in [0.29, 0.717) is 6.42 Å². The predicted octanol–water partition coefficient (Wildman–Crippen LogP) is 1.02. The van der Waals surface area contributed by atoms with Gasteiger partial charge in [-0.05, 0) is 42.9 Å². The normalized spacial score (nSPS) is 20.2.